The highest BCUT2D eigenvalue weighted by Gasteiger charge is 2.43. The minimum atomic E-state index is -0.665. The number of methoxy groups -OCH3 is 1. The molecule has 0 amide bonds. The Morgan fingerprint density at radius 3 is 2.60 bits per heavy atom. The monoisotopic (exact) mass is 281 g/mol. The number of rotatable bonds is 3. The van der Waals surface area contributed by atoms with Crippen molar-refractivity contribution in [2.75, 3.05) is 20.2 Å². The van der Waals surface area contributed by atoms with Crippen LogP contribution in [-0.4, -0.2) is 35.8 Å². The quantitative estimate of drug-likeness (QED) is 0.924. The van der Waals surface area contributed by atoms with Crippen LogP contribution in [0.4, 0.5) is 4.39 Å². The molecule has 20 heavy (non-hydrogen) atoms. The molecule has 2 rings (SSSR count). The van der Waals surface area contributed by atoms with Crippen molar-refractivity contribution in [2.24, 2.45) is 5.41 Å². The van der Waals surface area contributed by atoms with Crippen LogP contribution in [0.3, 0.4) is 0 Å². The van der Waals surface area contributed by atoms with E-state index in [1.807, 2.05) is 6.92 Å². The maximum absolute atomic E-state index is 14.0. The van der Waals surface area contributed by atoms with Gasteiger partial charge in [-0.05, 0) is 19.4 Å². The predicted molar refractivity (Wildman–Crippen MR) is 77.3 cm³/mol. The number of nitrogens with zero attached hydrogens (tertiary/aromatic N) is 1. The fraction of sp³-hybridized carbons (Fsp3) is 0.625. The molecule has 0 spiro atoms. The third kappa shape index (κ3) is 2.96. The Kier molecular flexibility index (Phi) is 4.07. The van der Waals surface area contributed by atoms with E-state index in [0.29, 0.717) is 24.3 Å². The van der Waals surface area contributed by atoms with Crippen molar-refractivity contribution < 1.29 is 14.2 Å². The number of benzene rings is 1. The van der Waals surface area contributed by atoms with Crippen molar-refractivity contribution in [1.82, 2.24) is 4.90 Å². The molecule has 1 aliphatic rings. The molecule has 0 bridgehead atoms. The first-order valence-electron chi connectivity index (χ1n) is 7.02. The van der Waals surface area contributed by atoms with Crippen molar-refractivity contribution in [3.8, 4) is 5.75 Å². The van der Waals surface area contributed by atoms with E-state index in [1.54, 1.807) is 12.1 Å². The van der Waals surface area contributed by atoms with Gasteiger partial charge < -0.3 is 9.84 Å². The van der Waals surface area contributed by atoms with E-state index < -0.39 is 5.60 Å². The summed E-state index contributed by atoms with van der Waals surface area (Å²) in [6, 6.07) is 4.97. The Morgan fingerprint density at radius 1 is 1.35 bits per heavy atom. The highest BCUT2D eigenvalue weighted by Crippen LogP contribution is 2.38. The van der Waals surface area contributed by atoms with Gasteiger partial charge in [0.15, 0.2) is 0 Å². The smallest absolute Gasteiger partial charge is 0.131 e. The Balaban J connectivity index is 2.08. The van der Waals surface area contributed by atoms with Crippen LogP contribution in [0.1, 0.15) is 32.8 Å². The van der Waals surface area contributed by atoms with Crippen LogP contribution in [0.25, 0.3) is 0 Å². The highest BCUT2D eigenvalue weighted by molar-refractivity contribution is 5.28. The van der Waals surface area contributed by atoms with Crippen LogP contribution >= 0.6 is 0 Å². The molecular formula is C16H24FNO2. The van der Waals surface area contributed by atoms with Gasteiger partial charge in [0, 0.05) is 36.7 Å². The van der Waals surface area contributed by atoms with Gasteiger partial charge in [0.05, 0.1) is 12.7 Å². The van der Waals surface area contributed by atoms with Gasteiger partial charge in [-0.3, -0.25) is 4.90 Å². The summed E-state index contributed by atoms with van der Waals surface area (Å²) in [6.07, 6.45) is 0.706. The summed E-state index contributed by atoms with van der Waals surface area (Å²) in [6.45, 7) is 8.11. The van der Waals surface area contributed by atoms with E-state index in [4.69, 9.17) is 4.74 Å². The Bertz CT molecular complexity index is 485. The average molecular weight is 281 g/mol. The van der Waals surface area contributed by atoms with Crippen molar-refractivity contribution in [3.05, 3.63) is 29.6 Å². The van der Waals surface area contributed by atoms with E-state index in [1.165, 1.54) is 13.2 Å². The summed E-state index contributed by atoms with van der Waals surface area (Å²) in [5, 5.41) is 10.4. The number of hydrogen-bond acceptors (Lipinski definition) is 3. The molecule has 4 heteroatoms. The molecule has 0 aliphatic carbocycles. The van der Waals surface area contributed by atoms with Gasteiger partial charge in [0.1, 0.15) is 11.6 Å². The molecular weight excluding hydrogens is 257 g/mol. The van der Waals surface area contributed by atoms with Gasteiger partial charge in [-0.1, -0.05) is 19.9 Å². The van der Waals surface area contributed by atoms with Crippen LogP contribution in [0.15, 0.2) is 18.2 Å². The lowest BCUT2D eigenvalue weighted by molar-refractivity contribution is -0.107. The third-order valence-corrected chi connectivity index (χ3v) is 4.65. The lowest BCUT2D eigenvalue weighted by Gasteiger charge is -2.48. The zero-order valence-corrected chi connectivity index (χ0v) is 12.7. The minimum absolute atomic E-state index is 0.200. The molecule has 1 saturated heterocycles. The summed E-state index contributed by atoms with van der Waals surface area (Å²) in [4.78, 5) is 2.20. The van der Waals surface area contributed by atoms with Crippen LogP contribution in [0.2, 0.25) is 0 Å². The molecule has 1 fully saturated rings. The van der Waals surface area contributed by atoms with Crippen molar-refractivity contribution in [3.63, 3.8) is 0 Å². The average Bonchev–Trinajstić information content (AvgIpc) is 2.36. The topological polar surface area (TPSA) is 32.7 Å². The third-order valence-electron chi connectivity index (χ3n) is 4.65. The molecule has 0 radical (unpaired) electrons. The summed E-state index contributed by atoms with van der Waals surface area (Å²) >= 11 is 0. The maximum atomic E-state index is 14.0. The first-order chi connectivity index (χ1) is 9.25. The first kappa shape index (κ1) is 15.3. The summed E-state index contributed by atoms with van der Waals surface area (Å²) < 4.78 is 19.0. The molecule has 0 aromatic heterocycles. The van der Waals surface area contributed by atoms with Gasteiger partial charge in [-0.15, -0.1) is 0 Å². The minimum Gasteiger partial charge on any atom is -0.497 e. The second-order valence-electron chi connectivity index (χ2n) is 6.58. The SMILES string of the molecule is COc1ccc(CN2CC[C@](C)(O)C(C)(C)C2)c(F)c1. The second kappa shape index (κ2) is 5.34. The normalized spacial score (nSPS) is 26.5. The fourth-order valence-electron chi connectivity index (χ4n) is 2.68. The van der Waals surface area contributed by atoms with E-state index >= 15 is 0 Å². The Morgan fingerprint density at radius 2 is 2.05 bits per heavy atom. The van der Waals surface area contributed by atoms with E-state index in [9.17, 15) is 9.50 Å². The van der Waals surface area contributed by atoms with Crippen molar-refractivity contribution in [1.29, 1.82) is 0 Å². The number of ether oxygens (including phenoxy) is 1. The summed E-state index contributed by atoms with van der Waals surface area (Å²) in [7, 11) is 1.53. The lowest BCUT2D eigenvalue weighted by Crippen LogP contribution is -2.55. The van der Waals surface area contributed by atoms with E-state index in [2.05, 4.69) is 18.7 Å². The van der Waals surface area contributed by atoms with Gasteiger partial charge in [0.2, 0.25) is 0 Å². The Labute approximate surface area is 120 Å². The lowest BCUT2D eigenvalue weighted by atomic mass is 9.71. The number of piperidine rings is 1. The van der Waals surface area contributed by atoms with Gasteiger partial charge in [0.25, 0.3) is 0 Å². The highest BCUT2D eigenvalue weighted by atomic mass is 19.1. The zero-order chi connectivity index (χ0) is 15.0. The molecule has 3 nitrogen and oxygen atoms in total. The van der Waals surface area contributed by atoms with Gasteiger partial charge in [-0.25, -0.2) is 4.39 Å². The standard InChI is InChI=1S/C16H24FNO2/c1-15(2)11-18(8-7-16(15,3)19)10-12-5-6-13(20-4)9-14(12)17/h5-6,9,19H,7-8,10-11H2,1-4H3/t16-/m0/s1. The molecule has 1 aromatic carbocycles. The predicted octanol–water partition coefficient (Wildman–Crippen LogP) is 2.82. The van der Waals surface area contributed by atoms with E-state index in [-0.39, 0.29) is 11.2 Å². The van der Waals surface area contributed by atoms with Crippen LogP contribution in [0.5, 0.6) is 5.75 Å². The zero-order valence-electron chi connectivity index (χ0n) is 12.7. The van der Waals surface area contributed by atoms with Crippen LogP contribution in [0, 0.1) is 11.2 Å². The number of likely N-dealkylation sites (tertiary alicyclic amines) is 1. The number of hydrogen-bond donors (Lipinski definition) is 1. The first-order valence-corrected chi connectivity index (χ1v) is 7.02. The summed E-state index contributed by atoms with van der Waals surface area (Å²) in [5.41, 5.74) is -0.195. The maximum Gasteiger partial charge on any atom is 0.131 e. The molecule has 1 N–H and O–H groups in total. The number of halogens is 1. The molecule has 1 atom stereocenters. The summed E-state index contributed by atoms with van der Waals surface area (Å²) in [5.74, 6) is 0.299. The molecule has 1 heterocycles. The van der Waals surface area contributed by atoms with Gasteiger partial charge in [-0.2, -0.15) is 0 Å². The fourth-order valence-corrected chi connectivity index (χ4v) is 2.68. The largest absolute Gasteiger partial charge is 0.497 e. The molecule has 0 unspecified atom stereocenters. The van der Waals surface area contributed by atoms with Crippen molar-refractivity contribution in [2.45, 2.75) is 39.3 Å². The van der Waals surface area contributed by atoms with E-state index in [0.717, 1.165) is 13.1 Å². The van der Waals surface area contributed by atoms with Crippen LogP contribution in [-0.2, 0) is 6.54 Å². The molecule has 1 aromatic rings. The Hall–Kier alpha value is -1.13. The molecule has 1 aliphatic heterocycles. The molecule has 0 saturated carbocycles. The van der Waals surface area contributed by atoms with Crippen LogP contribution < -0.4 is 4.74 Å². The second-order valence-corrected chi connectivity index (χ2v) is 6.58. The number of aliphatic hydroxyl groups is 1. The van der Waals surface area contributed by atoms with Crippen molar-refractivity contribution >= 4 is 0 Å². The van der Waals surface area contributed by atoms with Gasteiger partial charge >= 0.3 is 0 Å². The molecule has 112 valence electrons.